The maximum absolute atomic E-state index is 14.5. The zero-order valence-electron chi connectivity index (χ0n) is 19.3. The summed E-state index contributed by atoms with van der Waals surface area (Å²) in [5.74, 6) is -0.0660. The number of carbonyl (C=O) groups is 1. The van der Waals surface area contributed by atoms with E-state index in [1.807, 2.05) is 42.5 Å². The molecule has 1 atom stereocenters. The van der Waals surface area contributed by atoms with Crippen LogP contribution in [0, 0.1) is 5.82 Å². The number of phenols is 1. The molecule has 5 nitrogen and oxygen atoms in total. The molecule has 3 aromatic carbocycles. The van der Waals surface area contributed by atoms with E-state index in [1.165, 1.54) is 6.07 Å². The second-order valence-electron chi connectivity index (χ2n) is 9.42. The van der Waals surface area contributed by atoms with E-state index in [9.17, 15) is 14.3 Å². The Balaban J connectivity index is 1.44. The molecule has 0 bridgehead atoms. The van der Waals surface area contributed by atoms with Gasteiger partial charge in [-0.15, -0.1) is 0 Å². The third-order valence-corrected chi connectivity index (χ3v) is 7.53. The van der Waals surface area contributed by atoms with Crippen LogP contribution in [0.4, 0.5) is 9.18 Å². The Morgan fingerprint density at radius 2 is 1.65 bits per heavy atom. The van der Waals surface area contributed by atoms with Crippen LogP contribution in [-0.2, 0) is 23.4 Å². The van der Waals surface area contributed by atoms with Crippen molar-refractivity contribution in [3.05, 3.63) is 101 Å². The number of carbonyl (C=O) groups excluding carboxylic acids is 1. The molecular formula is C28H29FN2O3. The fourth-order valence-corrected chi connectivity index (χ4v) is 5.53. The van der Waals surface area contributed by atoms with Crippen LogP contribution in [0.25, 0.3) is 0 Å². The van der Waals surface area contributed by atoms with Crippen LogP contribution in [0.5, 0.6) is 5.75 Å². The highest BCUT2D eigenvalue weighted by Gasteiger charge is 2.63. The van der Waals surface area contributed by atoms with Gasteiger partial charge in [0.15, 0.2) is 0 Å². The molecule has 2 saturated heterocycles. The van der Waals surface area contributed by atoms with Crippen molar-refractivity contribution in [3.8, 4) is 5.75 Å². The van der Waals surface area contributed by atoms with Crippen molar-refractivity contribution >= 4 is 6.09 Å². The van der Waals surface area contributed by atoms with E-state index in [2.05, 4.69) is 11.8 Å². The Kier molecular flexibility index (Phi) is 5.78. The van der Waals surface area contributed by atoms with Gasteiger partial charge in [-0.2, -0.15) is 0 Å². The summed E-state index contributed by atoms with van der Waals surface area (Å²) >= 11 is 0. The summed E-state index contributed by atoms with van der Waals surface area (Å²) in [6, 6.07) is 23.8. The van der Waals surface area contributed by atoms with Gasteiger partial charge in [0.05, 0.1) is 6.54 Å². The molecule has 1 amide bonds. The lowest BCUT2D eigenvalue weighted by atomic mass is 9.70. The molecule has 2 aliphatic heterocycles. The highest BCUT2D eigenvalue weighted by molar-refractivity contribution is 5.74. The van der Waals surface area contributed by atoms with Crippen molar-refractivity contribution in [2.75, 3.05) is 13.1 Å². The summed E-state index contributed by atoms with van der Waals surface area (Å²) in [5, 5.41) is 9.80. The number of halogens is 1. The van der Waals surface area contributed by atoms with Gasteiger partial charge in [0, 0.05) is 38.0 Å². The summed E-state index contributed by atoms with van der Waals surface area (Å²) in [6.45, 7) is 4.42. The summed E-state index contributed by atoms with van der Waals surface area (Å²) < 4.78 is 20.7. The monoisotopic (exact) mass is 460 g/mol. The summed E-state index contributed by atoms with van der Waals surface area (Å²) in [7, 11) is 0. The Hall–Kier alpha value is -3.38. The fourth-order valence-electron chi connectivity index (χ4n) is 5.53. The van der Waals surface area contributed by atoms with Crippen molar-refractivity contribution in [1.29, 1.82) is 0 Å². The standard InChI is InChI=1S/C28H29FN2O3/c1-27(23-10-3-2-4-11-23)28(34-26(33)31(27)20-22-9-5-6-13-25(22)29)14-16-30(17-15-28)19-21-8-7-12-24(32)18-21/h2-13,18,32H,14-17,19-20H2,1H3. The average Bonchev–Trinajstić information content (AvgIpc) is 3.04. The van der Waals surface area contributed by atoms with E-state index in [1.54, 1.807) is 35.2 Å². The molecule has 0 aromatic heterocycles. The molecule has 2 heterocycles. The van der Waals surface area contributed by atoms with Gasteiger partial charge in [0.2, 0.25) is 0 Å². The first-order valence-corrected chi connectivity index (χ1v) is 11.7. The molecule has 1 N–H and O–H groups in total. The van der Waals surface area contributed by atoms with Gasteiger partial charge in [0.1, 0.15) is 22.7 Å². The minimum atomic E-state index is -0.745. The van der Waals surface area contributed by atoms with Gasteiger partial charge >= 0.3 is 6.09 Å². The molecule has 6 heteroatoms. The number of phenolic OH excluding ortho intramolecular Hbond substituents is 1. The lowest BCUT2D eigenvalue weighted by molar-refractivity contribution is -0.0614. The van der Waals surface area contributed by atoms with Gasteiger partial charge in [-0.05, 0) is 36.2 Å². The number of benzene rings is 3. The highest BCUT2D eigenvalue weighted by Crippen LogP contribution is 2.52. The molecule has 1 spiro atoms. The second-order valence-corrected chi connectivity index (χ2v) is 9.42. The molecule has 2 aliphatic rings. The number of ether oxygens (including phenoxy) is 1. The first-order valence-electron chi connectivity index (χ1n) is 11.7. The zero-order chi connectivity index (χ0) is 23.8. The maximum Gasteiger partial charge on any atom is 0.411 e. The van der Waals surface area contributed by atoms with E-state index in [0.29, 0.717) is 18.4 Å². The van der Waals surface area contributed by atoms with E-state index >= 15 is 0 Å². The zero-order valence-corrected chi connectivity index (χ0v) is 19.3. The topological polar surface area (TPSA) is 53.0 Å². The van der Waals surface area contributed by atoms with Crippen LogP contribution in [0.15, 0.2) is 78.9 Å². The Bertz CT molecular complexity index is 1180. The minimum absolute atomic E-state index is 0.145. The number of amides is 1. The van der Waals surface area contributed by atoms with E-state index in [4.69, 9.17) is 4.74 Å². The first-order chi connectivity index (χ1) is 16.4. The Morgan fingerprint density at radius 1 is 0.941 bits per heavy atom. The minimum Gasteiger partial charge on any atom is -0.508 e. The average molecular weight is 461 g/mol. The van der Waals surface area contributed by atoms with E-state index in [0.717, 1.165) is 30.8 Å². The molecule has 0 radical (unpaired) electrons. The molecule has 5 rings (SSSR count). The number of nitrogens with zero attached hydrogens (tertiary/aromatic N) is 2. The van der Waals surface area contributed by atoms with E-state index < -0.39 is 17.2 Å². The molecule has 1 unspecified atom stereocenters. The summed E-state index contributed by atoms with van der Waals surface area (Å²) in [5.41, 5.74) is 1.04. The van der Waals surface area contributed by atoms with Crippen LogP contribution in [0.3, 0.4) is 0 Å². The smallest absolute Gasteiger partial charge is 0.411 e. The third kappa shape index (κ3) is 3.82. The third-order valence-electron chi connectivity index (χ3n) is 7.53. The lowest BCUT2D eigenvalue weighted by Gasteiger charge is -2.48. The normalized spacial score (nSPS) is 22.2. The molecule has 34 heavy (non-hydrogen) atoms. The van der Waals surface area contributed by atoms with Crippen LogP contribution in [-0.4, -0.2) is 39.7 Å². The SMILES string of the molecule is CC1(c2ccccc2)N(Cc2ccccc2F)C(=O)OC12CCN(Cc1cccc(O)c1)CC2. The predicted octanol–water partition coefficient (Wildman–Crippen LogP) is 5.43. The van der Waals surface area contributed by atoms with Crippen molar-refractivity contribution in [1.82, 2.24) is 9.80 Å². The molecule has 2 fully saturated rings. The molecule has 176 valence electrons. The largest absolute Gasteiger partial charge is 0.508 e. The quantitative estimate of drug-likeness (QED) is 0.551. The first kappa shape index (κ1) is 22.4. The number of hydrogen-bond donors (Lipinski definition) is 1. The van der Waals surface area contributed by atoms with Crippen LogP contribution in [0.2, 0.25) is 0 Å². The fraction of sp³-hybridized carbons (Fsp3) is 0.321. The van der Waals surface area contributed by atoms with Crippen LogP contribution in [0.1, 0.15) is 36.5 Å². The van der Waals surface area contributed by atoms with E-state index in [-0.39, 0.29) is 18.1 Å². The van der Waals surface area contributed by atoms with Crippen molar-refractivity contribution in [3.63, 3.8) is 0 Å². The van der Waals surface area contributed by atoms with Crippen molar-refractivity contribution in [2.24, 2.45) is 0 Å². The van der Waals surface area contributed by atoms with Crippen LogP contribution < -0.4 is 0 Å². The van der Waals surface area contributed by atoms with Crippen molar-refractivity contribution in [2.45, 2.75) is 44.0 Å². The number of piperidine rings is 1. The lowest BCUT2D eigenvalue weighted by Crippen LogP contribution is -2.58. The second kappa shape index (κ2) is 8.76. The van der Waals surface area contributed by atoms with Crippen LogP contribution >= 0.6 is 0 Å². The summed E-state index contributed by atoms with van der Waals surface area (Å²) in [6.07, 6.45) is 0.920. The van der Waals surface area contributed by atoms with Gasteiger partial charge in [-0.25, -0.2) is 9.18 Å². The Labute approximate surface area is 199 Å². The van der Waals surface area contributed by atoms with Crippen molar-refractivity contribution < 1.29 is 19.0 Å². The van der Waals surface area contributed by atoms with Gasteiger partial charge in [0.25, 0.3) is 0 Å². The maximum atomic E-state index is 14.5. The van der Waals surface area contributed by atoms with Gasteiger partial charge < -0.3 is 9.84 Å². The molecular weight excluding hydrogens is 431 g/mol. The predicted molar refractivity (Wildman–Crippen MR) is 128 cm³/mol. The number of likely N-dealkylation sites (tertiary alicyclic amines) is 1. The Morgan fingerprint density at radius 3 is 2.35 bits per heavy atom. The number of aromatic hydroxyl groups is 1. The highest BCUT2D eigenvalue weighted by atomic mass is 19.1. The number of rotatable bonds is 5. The van der Waals surface area contributed by atoms with Gasteiger partial charge in [-0.1, -0.05) is 60.7 Å². The molecule has 0 aliphatic carbocycles. The molecule has 0 saturated carbocycles. The van der Waals surface area contributed by atoms with Gasteiger partial charge in [-0.3, -0.25) is 9.80 Å². The number of hydrogen-bond acceptors (Lipinski definition) is 4. The molecule has 3 aromatic rings. The summed E-state index contributed by atoms with van der Waals surface area (Å²) in [4.78, 5) is 17.3.